The van der Waals surface area contributed by atoms with Crippen molar-refractivity contribution in [2.75, 3.05) is 33.8 Å². The summed E-state index contributed by atoms with van der Waals surface area (Å²) in [6, 6.07) is 10.8. The number of benzene rings is 1. The van der Waals surface area contributed by atoms with Gasteiger partial charge in [-0.15, -0.1) is 0 Å². The van der Waals surface area contributed by atoms with Gasteiger partial charge < -0.3 is 15.0 Å². The second-order valence-corrected chi connectivity index (χ2v) is 7.13. The molecule has 0 aromatic heterocycles. The first-order valence-corrected chi connectivity index (χ1v) is 8.93. The predicted octanol–water partition coefficient (Wildman–Crippen LogP) is 1.19. The molecule has 1 aromatic rings. The second kappa shape index (κ2) is 7.97. The number of hydrogen-bond donors (Lipinski definition) is 1. The Hall–Kier alpha value is -1.92. The number of carbonyl (C=O) groups is 2. The zero-order valence-electron chi connectivity index (χ0n) is 15.0. The highest BCUT2D eigenvalue weighted by Crippen LogP contribution is 2.30. The van der Waals surface area contributed by atoms with E-state index in [1.54, 1.807) is 14.1 Å². The van der Waals surface area contributed by atoms with E-state index in [4.69, 9.17) is 4.74 Å². The largest absolute Gasteiger partial charge is 0.371 e. The molecule has 0 spiro atoms. The summed E-state index contributed by atoms with van der Waals surface area (Å²) in [5.74, 6) is -0.0568. The Balaban J connectivity index is 1.47. The number of morpholine rings is 1. The zero-order chi connectivity index (χ0) is 17.8. The van der Waals surface area contributed by atoms with E-state index in [1.165, 1.54) is 10.5 Å². The number of nitrogens with zero attached hydrogens (tertiary/aromatic N) is 2. The molecule has 2 fully saturated rings. The third-order valence-corrected chi connectivity index (χ3v) is 5.02. The van der Waals surface area contributed by atoms with Crippen molar-refractivity contribution in [1.82, 2.24) is 15.1 Å². The van der Waals surface area contributed by atoms with Crippen molar-refractivity contribution >= 4 is 11.8 Å². The summed E-state index contributed by atoms with van der Waals surface area (Å²) >= 11 is 0. The minimum Gasteiger partial charge on any atom is -0.371 e. The van der Waals surface area contributed by atoms with Crippen LogP contribution in [0.25, 0.3) is 0 Å². The fraction of sp³-hybridized carbons (Fsp3) is 0.579. The summed E-state index contributed by atoms with van der Waals surface area (Å²) in [7, 11) is 3.41. The van der Waals surface area contributed by atoms with Gasteiger partial charge in [-0.1, -0.05) is 30.3 Å². The molecule has 2 aliphatic rings. The third kappa shape index (κ3) is 4.58. The summed E-state index contributed by atoms with van der Waals surface area (Å²) in [6.45, 7) is 2.41. The molecule has 2 aliphatic heterocycles. The fourth-order valence-electron chi connectivity index (χ4n) is 3.59. The molecule has 0 unspecified atom stereocenters. The third-order valence-electron chi connectivity index (χ3n) is 5.02. The lowest BCUT2D eigenvalue weighted by atomic mass is 10.1. The Labute approximate surface area is 149 Å². The van der Waals surface area contributed by atoms with Gasteiger partial charge in [0.25, 0.3) is 0 Å². The van der Waals surface area contributed by atoms with E-state index >= 15 is 0 Å². The van der Waals surface area contributed by atoms with E-state index in [0.717, 1.165) is 19.5 Å². The van der Waals surface area contributed by atoms with Gasteiger partial charge in [0.05, 0.1) is 12.7 Å². The maximum absolute atomic E-state index is 12.1. The summed E-state index contributed by atoms with van der Waals surface area (Å²) in [6.07, 6.45) is 1.53. The summed E-state index contributed by atoms with van der Waals surface area (Å²) in [5, 5.41) is 3.08. The molecule has 2 heterocycles. The molecular formula is C19H27N3O3. The maximum atomic E-state index is 12.1. The summed E-state index contributed by atoms with van der Waals surface area (Å²) in [5.41, 5.74) is 1.20. The van der Waals surface area contributed by atoms with Gasteiger partial charge in [0, 0.05) is 52.1 Å². The van der Waals surface area contributed by atoms with Gasteiger partial charge in [0.15, 0.2) is 0 Å². The van der Waals surface area contributed by atoms with Gasteiger partial charge in [-0.05, 0) is 12.0 Å². The summed E-state index contributed by atoms with van der Waals surface area (Å²) < 4.78 is 6.03. The Bertz CT molecular complexity index is 605. The van der Waals surface area contributed by atoms with Crippen LogP contribution in [0, 0.1) is 0 Å². The van der Waals surface area contributed by atoms with Crippen LogP contribution in [0.3, 0.4) is 0 Å². The average molecular weight is 345 g/mol. The zero-order valence-corrected chi connectivity index (χ0v) is 15.0. The molecular weight excluding hydrogens is 318 g/mol. The van der Waals surface area contributed by atoms with Gasteiger partial charge in [-0.25, -0.2) is 0 Å². The van der Waals surface area contributed by atoms with Crippen molar-refractivity contribution in [2.45, 2.75) is 37.5 Å². The van der Waals surface area contributed by atoms with Crippen LogP contribution in [-0.4, -0.2) is 67.5 Å². The quantitative estimate of drug-likeness (QED) is 0.871. The van der Waals surface area contributed by atoms with Gasteiger partial charge in [-0.2, -0.15) is 0 Å². The molecule has 2 amide bonds. The number of ether oxygens (including phenoxy) is 1. The van der Waals surface area contributed by atoms with Crippen LogP contribution >= 0.6 is 0 Å². The van der Waals surface area contributed by atoms with Crippen molar-refractivity contribution in [3.63, 3.8) is 0 Å². The maximum Gasteiger partial charge on any atom is 0.222 e. The van der Waals surface area contributed by atoms with E-state index in [2.05, 4.69) is 22.3 Å². The van der Waals surface area contributed by atoms with Crippen LogP contribution in [0.2, 0.25) is 0 Å². The normalized spacial score (nSPS) is 26.1. The van der Waals surface area contributed by atoms with Gasteiger partial charge >= 0.3 is 0 Å². The van der Waals surface area contributed by atoms with Crippen molar-refractivity contribution in [3.05, 3.63) is 35.9 Å². The predicted molar refractivity (Wildman–Crippen MR) is 95.0 cm³/mol. The van der Waals surface area contributed by atoms with Crippen molar-refractivity contribution < 1.29 is 14.3 Å². The number of amides is 2. The number of fused-ring (bicyclic) bond motifs is 1. The van der Waals surface area contributed by atoms with Crippen LogP contribution in [0.1, 0.15) is 30.9 Å². The van der Waals surface area contributed by atoms with E-state index in [0.29, 0.717) is 12.6 Å². The number of hydrogen-bond acceptors (Lipinski definition) is 4. The Morgan fingerprint density at radius 1 is 1.20 bits per heavy atom. The van der Waals surface area contributed by atoms with Gasteiger partial charge in [-0.3, -0.25) is 14.5 Å². The molecule has 25 heavy (non-hydrogen) atoms. The molecule has 0 aliphatic carbocycles. The second-order valence-electron chi connectivity index (χ2n) is 7.13. The van der Waals surface area contributed by atoms with E-state index < -0.39 is 0 Å². The standard InChI is InChI=1S/C19H27N3O3/c1-21(2)19(24)9-8-18(23)20-15-10-16-13-25-17(12-22(16)11-15)14-6-4-3-5-7-14/h3-7,15-17H,8-13H2,1-2H3,(H,20,23)/t15-,16+,17-/m1/s1. The lowest BCUT2D eigenvalue weighted by Gasteiger charge is -2.35. The fourth-order valence-corrected chi connectivity index (χ4v) is 3.59. The highest BCUT2D eigenvalue weighted by atomic mass is 16.5. The average Bonchev–Trinajstić information content (AvgIpc) is 3.01. The molecule has 1 N–H and O–H groups in total. The lowest BCUT2D eigenvalue weighted by molar-refractivity contribution is -0.131. The summed E-state index contributed by atoms with van der Waals surface area (Å²) in [4.78, 5) is 27.6. The highest BCUT2D eigenvalue weighted by molar-refractivity contribution is 5.83. The molecule has 3 rings (SSSR count). The molecule has 2 saturated heterocycles. The van der Waals surface area contributed by atoms with Crippen LogP contribution in [0.15, 0.2) is 30.3 Å². The van der Waals surface area contributed by atoms with Crippen LogP contribution in [0.4, 0.5) is 0 Å². The molecule has 1 aromatic carbocycles. The molecule has 3 atom stereocenters. The smallest absolute Gasteiger partial charge is 0.222 e. The topological polar surface area (TPSA) is 61.9 Å². The lowest BCUT2D eigenvalue weighted by Crippen LogP contribution is -2.43. The SMILES string of the molecule is CN(C)C(=O)CCC(=O)N[C@@H]1C[C@H]2CO[C@@H](c3ccccc3)CN2C1. The Morgan fingerprint density at radius 3 is 2.68 bits per heavy atom. The first-order valence-electron chi connectivity index (χ1n) is 8.93. The first kappa shape index (κ1) is 17.9. The van der Waals surface area contributed by atoms with Crippen LogP contribution < -0.4 is 5.32 Å². The first-order chi connectivity index (χ1) is 12.0. The van der Waals surface area contributed by atoms with Crippen LogP contribution in [-0.2, 0) is 14.3 Å². The van der Waals surface area contributed by atoms with E-state index in [1.807, 2.05) is 18.2 Å². The highest BCUT2D eigenvalue weighted by Gasteiger charge is 2.38. The van der Waals surface area contributed by atoms with Crippen molar-refractivity contribution in [1.29, 1.82) is 0 Å². The molecule has 0 radical (unpaired) electrons. The minimum absolute atomic E-state index is 0.0157. The Kier molecular flexibility index (Phi) is 5.71. The molecule has 0 saturated carbocycles. The van der Waals surface area contributed by atoms with Gasteiger partial charge in [0.1, 0.15) is 0 Å². The number of carbonyl (C=O) groups excluding carboxylic acids is 2. The molecule has 6 heteroatoms. The minimum atomic E-state index is -0.0411. The number of rotatable bonds is 5. The van der Waals surface area contributed by atoms with Gasteiger partial charge in [0.2, 0.25) is 11.8 Å². The molecule has 136 valence electrons. The number of nitrogens with one attached hydrogen (secondary N) is 1. The van der Waals surface area contributed by atoms with E-state index in [-0.39, 0.29) is 36.8 Å². The Morgan fingerprint density at radius 2 is 1.96 bits per heavy atom. The molecule has 0 bridgehead atoms. The van der Waals surface area contributed by atoms with Crippen LogP contribution in [0.5, 0.6) is 0 Å². The van der Waals surface area contributed by atoms with E-state index in [9.17, 15) is 9.59 Å². The molecule has 6 nitrogen and oxygen atoms in total. The van der Waals surface area contributed by atoms with Crippen molar-refractivity contribution in [3.8, 4) is 0 Å². The monoisotopic (exact) mass is 345 g/mol. The van der Waals surface area contributed by atoms with Crippen molar-refractivity contribution in [2.24, 2.45) is 0 Å².